The van der Waals surface area contributed by atoms with E-state index in [0.29, 0.717) is 0 Å². The number of benzene rings is 1. The number of amides is 1. The fourth-order valence-corrected chi connectivity index (χ4v) is 1.26. The summed E-state index contributed by atoms with van der Waals surface area (Å²) in [6.07, 6.45) is -0.766. The van der Waals surface area contributed by atoms with E-state index in [1.165, 1.54) is 0 Å². The Morgan fingerprint density at radius 3 is 2.56 bits per heavy atom. The van der Waals surface area contributed by atoms with Crippen molar-refractivity contribution in [2.24, 2.45) is 5.41 Å². The highest BCUT2D eigenvalue weighted by Gasteiger charge is 2.23. The van der Waals surface area contributed by atoms with Crippen LogP contribution in [0.25, 0.3) is 0 Å². The quantitative estimate of drug-likeness (QED) is 0.871. The molecular formula is C13H17F2NO2. The molecule has 100 valence electrons. The van der Waals surface area contributed by atoms with Gasteiger partial charge in [0.2, 0.25) is 0 Å². The van der Waals surface area contributed by atoms with Crippen molar-refractivity contribution >= 4 is 5.91 Å². The Balaban J connectivity index is 2.69. The van der Waals surface area contributed by atoms with Crippen molar-refractivity contribution in [2.75, 3.05) is 6.54 Å². The lowest BCUT2D eigenvalue weighted by Crippen LogP contribution is -2.39. The molecule has 2 N–H and O–H groups in total. The molecule has 1 unspecified atom stereocenters. The maximum absolute atomic E-state index is 13.3. The molecule has 0 aliphatic heterocycles. The zero-order valence-corrected chi connectivity index (χ0v) is 10.6. The van der Waals surface area contributed by atoms with Gasteiger partial charge in [0.1, 0.15) is 11.6 Å². The second-order valence-corrected chi connectivity index (χ2v) is 5.22. The Hall–Kier alpha value is -1.49. The van der Waals surface area contributed by atoms with Crippen LogP contribution in [-0.2, 0) is 0 Å². The van der Waals surface area contributed by atoms with E-state index in [0.717, 1.165) is 18.2 Å². The first kappa shape index (κ1) is 14.6. The molecule has 0 heterocycles. The molecule has 0 aromatic heterocycles. The van der Waals surface area contributed by atoms with Crippen LogP contribution in [0.15, 0.2) is 18.2 Å². The van der Waals surface area contributed by atoms with Gasteiger partial charge in [-0.2, -0.15) is 0 Å². The SMILES string of the molecule is CC(C)(C)C(O)CNC(=O)c1cc(F)ccc1F. The van der Waals surface area contributed by atoms with Gasteiger partial charge in [-0.25, -0.2) is 8.78 Å². The molecule has 0 saturated heterocycles. The van der Waals surface area contributed by atoms with Crippen LogP contribution < -0.4 is 5.32 Å². The van der Waals surface area contributed by atoms with Crippen molar-refractivity contribution in [3.63, 3.8) is 0 Å². The van der Waals surface area contributed by atoms with Crippen molar-refractivity contribution in [3.8, 4) is 0 Å². The summed E-state index contributed by atoms with van der Waals surface area (Å²) in [5.74, 6) is -2.22. The van der Waals surface area contributed by atoms with Crippen LogP contribution in [-0.4, -0.2) is 23.7 Å². The standard InChI is InChI=1S/C13H17F2NO2/c1-13(2,3)11(17)7-16-12(18)9-6-8(14)4-5-10(9)15/h4-6,11,17H,7H2,1-3H3,(H,16,18). The van der Waals surface area contributed by atoms with Gasteiger partial charge in [0.05, 0.1) is 11.7 Å². The summed E-state index contributed by atoms with van der Waals surface area (Å²) in [6, 6.07) is 2.66. The minimum Gasteiger partial charge on any atom is -0.391 e. The van der Waals surface area contributed by atoms with Crippen LogP contribution in [0.3, 0.4) is 0 Å². The van der Waals surface area contributed by atoms with Gasteiger partial charge < -0.3 is 10.4 Å². The molecule has 0 aliphatic rings. The van der Waals surface area contributed by atoms with Crippen LogP contribution in [0.4, 0.5) is 8.78 Å². The van der Waals surface area contributed by atoms with Gasteiger partial charge in [-0.3, -0.25) is 4.79 Å². The molecule has 0 aliphatic carbocycles. The highest BCUT2D eigenvalue weighted by molar-refractivity contribution is 5.94. The van der Waals surface area contributed by atoms with Crippen molar-refractivity contribution in [3.05, 3.63) is 35.4 Å². The Bertz CT molecular complexity index is 441. The maximum Gasteiger partial charge on any atom is 0.254 e. The largest absolute Gasteiger partial charge is 0.391 e. The Morgan fingerprint density at radius 2 is 2.00 bits per heavy atom. The van der Waals surface area contributed by atoms with Crippen molar-refractivity contribution in [1.82, 2.24) is 5.32 Å². The normalized spacial score (nSPS) is 13.2. The van der Waals surface area contributed by atoms with E-state index in [1.54, 1.807) is 0 Å². The molecule has 0 spiro atoms. The molecule has 1 amide bonds. The second-order valence-electron chi connectivity index (χ2n) is 5.22. The third kappa shape index (κ3) is 3.77. The highest BCUT2D eigenvalue weighted by Crippen LogP contribution is 2.18. The molecule has 3 nitrogen and oxygen atoms in total. The fraction of sp³-hybridized carbons (Fsp3) is 0.462. The molecule has 5 heteroatoms. The topological polar surface area (TPSA) is 49.3 Å². The molecule has 1 aromatic carbocycles. The van der Waals surface area contributed by atoms with E-state index in [4.69, 9.17) is 0 Å². The summed E-state index contributed by atoms with van der Waals surface area (Å²) in [4.78, 5) is 11.6. The van der Waals surface area contributed by atoms with Crippen molar-refractivity contribution in [1.29, 1.82) is 0 Å². The van der Waals surface area contributed by atoms with E-state index in [-0.39, 0.29) is 12.1 Å². The lowest BCUT2D eigenvalue weighted by molar-refractivity contribution is 0.0585. The minimum absolute atomic E-state index is 0.0156. The summed E-state index contributed by atoms with van der Waals surface area (Å²) in [5.41, 5.74) is -0.760. The summed E-state index contributed by atoms with van der Waals surface area (Å²) in [6.45, 7) is 5.42. The van der Waals surface area contributed by atoms with Gasteiger partial charge in [0.15, 0.2) is 0 Å². The lowest BCUT2D eigenvalue weighted by atomic mass is 9.89. The number of halogens is 2. The summed E-state index contributed by atoms with van der Waals surface area (Å²) in [7, 11) is 0. The van der Waals surface area contributed by atoms with Crippen LogP contribution >= 0.6 is 0 Å². The van der Waals surface area contributed by atoms with Gasteiger partial charge in [0, 0.05) is 6.54 Å². The number of aliphatic hydroxyl groups excluding tert-OH is 1. The zero-order valence-electron chi connectivity index (χ0n) is 10.6. The number of carbonyl (C=O) groups is 1. The number of nitrogens with one attached hydrogen (secondary N) is 1. The fourth-order valence-electron chi connectivity index (χ4n) is 1.26. The lowest BCUT2D eigenvalue weighted by Gasteiger charge is -2.25. The number of hydrogen-bond acceptors (Lipinski definition) is 2. The Kier molecular flexibility index (Phi) is 4.40. The van der Waals surface area contributed by atoms with Gasteiger partial charge in [-0.1, -0.05) is 20.8 Å². The number of hydrogen-bond donors (Lipinski definition) is 2. The monoisotopic (exact) mass is 257 g/mol. The summed E-state index contributed by atoms with van der Waals surface area (Å²) < 4.78 is 26.2. The molecule has 1 atom stereocenters. The maximum atomic E-state index is 13.3. The van der Waals surface area contributed by atoms with Gasteiger partial charge in [-0.15, -0.1) is 0 Å². The van der Waals surface area contributed by atoms with E-state index in [2.05, 4.69) is 5.32 Å². The molecule has 0 radical (unpaired) electrons. The number of rotatable bonds is 3. The summed E-state index contributed by atoms with van der Waals surface area (Å²) >= 11 is 0. The van der Waals surface area contributed by atoms with Crippen molar-refractivity contribution < 1.29 is 18.7 Å². The number of carbonyl (C=O) groups excluding carboxylic acids is 1. The van der Waals surface area contributed by atoms with E-state index >= 15 is 0 Å². The first-order valence-corrected chi connectivity index (χ1v) is 5.63. The average molecular weight is 257 g/mol. The average Bonchev–Trinajstić information content (AvgIpc) is 2.27. The second kappa shape index (κ2) is 5.44. The third-order valence-corrected chi connectivity index (χ3v) is 2.63. The smallest absolute Gasteiger partial charge is 0.254 e. The molecule has 0 bridgehead atoms. The summed E-state index contributed by atoms with van der Waals surface area (Å²) in [5, 5.41) is 12.1. The van der Waals surface area contributed by atoms with Crippen LogP contribution in [0, 0.1) is 17.0 Å². The molecule has 1 rings (SSSR count). The van der Waals surface area contributed by atoms with E-state index < -0.39 is 29.1 Å². The molecule has 1 aromatic rings. The van der Waals surface area contributed by atoms with E-state index in [1.807, 2.05) is 20.8 Å². The first-order chi connectivity index (χ1) is 8.21. The Morgan fingerprint density at radius 1 is 1.39 bits per heavy atom. The van der Waals surface area contributed by atoms with E-state index in [9.17, 15) is 18.7 Å². The minimum atomic E-state index is -0.792. The van der Waals surface area contributed by atoms with Crippen LogP contribution in [0.2, 0.25) is 0 Å². The predicted molar refractivity (Wildman–Crippen MR) is 64.2 cm³/mol. The third-order valence-electron chi connectivity index (χ3n) is 2.63. The Labute approximate surface area is 105 Å². The van der Waals surface area contributed by atoms with Crippen molar-refractivity contribution in [2.45, 2.75) is 26.9 Å². The highest BCUT2D eigenvalue weighted by atomic mass is 19.1. The number of aliphatic hydroxyl groups is 1. The molecule has 18 heavy (non-hydrogen) atoms. The van der Waals surface area contributed by atoms with Gasteiger partial charge in [-0.05, 0) is 23.6 Å². The van der Waals surface area contributed by atoms with Gasteiger partial charge in [0.25, 0.3) is 5.91 Å². The molecule has 0 fully saturated rings. The molecular weight excluding hydrogens is 240 g/mol. The van der Waals surface area contributed by atoms with Crippen LogP contribution in [0.1, 0.15) is 31.1 Å². The molecule has 0 saturated carbocycles. The predicted octanol–water partition coefficient (Wildman–Crippen LogP) is 2.10. The first-order valence-electron chi connectivity index (χ1n) is 5.63. The van der Waals surface area contributed by atoms with Gasteiger partial charge >= 0.3 is 0 Å². The van der Waals surface area contributed by atoms with Crippen LogP contribution in [0.5, 0.6) is 0 Å². The zero-order chi connectivity index (χ0) is 13.9.